The first-order chi connectivity index (χ1) is 12.7. The molecule has 0 saturated carbocycles. The second-order valence-electron chi connectivity index (χ2n) is 7.08. The Bertz CT molecular complexity index is 925. The molecule has 2 aromatic heterocycles. The molecule has 0 bridgehead atoms. The van der Waals surface area contributed by atoms with E-state index in [0.717, 1.165) is 41.3 Å². The summed E-state index contributed by atoms with van der Waals surface area (Å²) in [5.74, 6) is 0.522. The summed E-state index contributed by atoms with van der Waals surface area (Å²) in [5, 5.41) is 3.23. The number of nitrogens with zero attached hydrogens (tertiary/aromatic N) is 5. The summed E-state index contributed by atoms with van der Waals surface area (Å²) in [7, 11) is -0.380. The predicted molar refractivity (Wildman–Crippen MR) is 105 cm³/mol. The second kappa shape index (κ2) is 7.49. The van der Waals surface area contributed by atoms with Crippen LogP contribution < -0.4 is 5.32 Å². The average Bonchev–Trinajstić information content (AvgIpc) is 3.03. The highest BCUT2D eigenvalue weighted by Crippen LogP contribution is 2.35. The lowest BCUT2D eigenvalue weighted by Crippen LogP contribution is -2.39. The summed E-state index contributed by atoms with van der Waals surface area (Å²) in [5.41, 5.74) is 4.12. The third-order valence-electron chi connectivity index (χ3n) is 4.51. The highest BCUT2D eigenvalue weighted by atomic mass is 32.2. The van der Waals surface area contributed by atoms with Crippen LogP contribution >= 0.6 is 0 Å². The Morgan fingerprint density at radius 2 is 1.67 bits per heavy atom. The van der Waals surface area contributed by atoms with Crippen molar-refractivity contribution in [2.75, 3.05) is 26.0 Å². The molecule has 9 heteroatoms. The number of nitrogens with one attached hydrogen (secondary N) is 1. The Labute approximate surface area is 160 Å². The number of hydrogen-bond acceptors (Lipinski definition) is 6. The molecule has 0 radical (unpaired) electrons. The molecule has 0 aromatic carbocycles. The van der Waals surface area contributed by atoms with Crippen LogP contribution in [0.2, 0.25) is 0 Å². The lowest BCUT2D eigenvalue weighted by atomic mass is 10.1. The molecule has 27 heavy (non-hydrogen) atoms. The van der Waals surface area contributed by atoms with Gasteiger partial charge in [-0.1, -0.05) is 0 Å². The Kier molecular flexibility index (Phi) is 5.45. The Morgan fingerprint density at radius 3 is 2.30 bits per heavy atom. The molecule has 1 aliphatic rings. The van der Waals surface area contributed by atoms with Gasteiger partial charge < -0.3 is 5.32 Å². The van der Waals surface area contributed by atoms with E-state index in [-0.39, 0.29) is 6.04 Å². The van der Waals surface area contributed by atoms with Gasteiger partial charge in [-0.25, -0.2) is 9.97 Å². The SMILES string of the molecule is Cc1cc(Nc2nc(C)cc(C)n2)cc([C@H]2CCCN2S(=O)(=O)N(C)C)n1. The van der Waals surface area contributed by atoms with E-state index in [4.69, 9.17) is 0 Å². The summed E-state index contributed by atoms with van der Waals surface area (Å²) >= 11 is 0. The van der Waals surface area contributed by atoms with Gasteiger partial charge in [-0.3, -0.25) is 4.98 Å². The molecule has 1 fully saturated rings. The van der Waals surface area contributed by atoms with Gasteiger partial charge in [0.2, 0.25) is 5.95 Å². The van der Waals surface area contributed by atoms with Gasteiger partial charge in [0.15, 0.2) is 0 Å². The number of aryl methyl sites for hydroxylation is 3. The first-order valence-corrected chi connectivity index (χ1v) is 10.3. The number of pyridine rings is 1. The maximum atomic E-state index is 12.6. The molecule has 1 saturated heterocycles. The van der Waals surface area contributed by atoms with Crippen molar-refractivity contribution < 1.29 is 8.42 Å². The monoisotopic (exact) mass is 390 g/mol. The Hall–Kier alpha value is -2.10. The van der Waals surface area contributed by atoms with E-state index >= 15 is 0 Å². The van der Waals surface area contributed by atoms with Gasteiger partial charge in [0.1, 0.15) is 0 Å². The molecule has 3 heterocycles. The molecular formula is C18H26N6O2S. The molecule has 3 rings (SSSR count). The smallest absolute Gasteiger partial charge is 0.282 e. The summed E-state index contributed by atoms with van der Waals surface area (Å²) in [6.07, 6.45) is 1.57. The van der Waals surface area contributed by atoms with Crippen LogP contribution in [0.3, 0.4) is 0 Å². The quantitative estimate of drug-likeness (QED) is 0.843. The van der Waals surface area contributed by atoms with Gasteiger partial charge in [0.05, 0.1) is 11.7 Å². The molecule has 1 N–H and O–H groups in total. The molecule has 146 valence electrons. The fourth-order valence-electron chi connectivity index (χ4n) is 3.37. The minimum Gasteiger partial charge on any atom is -0.324 e. The van der Waals surface area contributed by atoms with Gasteiger partial charge in [-0.2, -0.15) is 17.0 Å². The zero-order valence-corrected chi connectivity index (χ0v) is 17.2. The Morgan fingerprint density at radius 1 is 1.04 bits per heavy atom. The fourth-order valence-corrected chi connectivity index (χ4v) is 4.68. The van der Waals surface area contributed by atoms with Gasteiger partial charge in [0, 0.05) is 43.4 Å². The molecule has 0 unspecified atom stereocenters. The highest BCUT2D eigenvalue weighted by Gasteiger charge is 2.37. The van der Waals surface area contributed by atoms with Crippen LogP contribution in [-0.2, 0) is 10.2 Å². The number of anilines is 2. The molecule has 0 aliphatic carbocycles. The molecule has 1 atom stereocenters. The van der Waals surface area contributed by atoms with Crippen molar-refractivity contribution in [1.82, 2.24) is 23.6 Å². The normalized spacial score (nSPS) is 18.2. The van der Waals surface area contributed by atoms with Crippen LogP contribution in [0.5, 0.6) is 0 Å². The summed E-state index contributed by atoms with van der Waals surface area (Å²) < 4.78 is 28.1. The van der Waals surface area contributed by atoms with Crippen LogP contribution in [0, 0.1) is 20.8 Å². The minimum atomic E-state index is -3.49. The second-order valence-corrected chi connectivity index (χ2v) is 9.18. The zero-order chi connectivity index (χ0) is 19.8. The molecule has 8 nitrogen and oxygen atoms in total. The number of hydrogen-bond donors (Lipinski definition) is 1. The van der Waals surface area contributed by atoms with Crippen LogP contribution in [0.15, 0.2) is 18.2 Å². The van der Waals surface area contributed by atoms with E-state index in [1.54, 1.807) is 14.1 Å². The third-order valence-corrected chi connectivity index (χ3v) is 6.47. The summed E-state index contributed by atoms with van der Waals surface area (Å²) in [6.45, 7) is 6.25. The first kappa shape index (κ1) is 19.7. The van der Waals surface area contributed by atoms with Crippen LogP contribution in [0.1, 0.15) is 41.7 Å². The molecular weight excluding hydrogens is 364 g/mol. The molecule has 0 spiro atoms. The van der Waals surface area contributed by atoms with Crippen LogP contribution in [0.25, 0.3) is 0 Å². The van der Waals surface area contributed by atoms with Gasteiger partial charge in [0.25, 0.3) is 10.2 Å². The van der Waals surface area contributed by atoms with Crippen molar-refractivity contribution in [1.29, 1.82) is 0 Å². The van der Waals surface area contributed by atoms with Crippen molar-refractivity contribution in [3.8, 4) is 0 Å². The van der Waals surface area contributed by atoms with Gasteiger partial charge in [-0.15, -0.1) is 0 Å². The minimum absolute atomic E-state index is 0.266. The van der Waals surface area contributed by atoms with Gasteiger partial charge in [-0.05, 0) is 51.8 Å². The largest absolute Gasteiger partial charge is 0.324 e. The predicted octanol–water partition coefficient (Wildman–Crippen LogP) is 2.48. The first-order valence-electron chi connectivity index (χ1n) is 8.94. The van der Waals surface area contributed by atoms with E-state index in [2.05, 4.69) is 20.3 Å². The lowest BCUT2D eigenvalue weighted by molar-refractivity contribution is 0.358. The van der Waals surface area contributed by atoms with E-state index in [1.807, 2.05) is 39.0 Å². The lowest BCUT2D eigenvalue weighted by Gasteiger charge is -2.27. The van der Waals surface area contributed by atoms with Gasteiger partial charge >= 0.3 is 0 Å². The Balaban J connectivity index is 1.93. The maximum Gasteiger partial charge on any atom is 0.282 e. The van der Waals surface area contributed by atoms with E-state index in [1.165, 1.54) is 8.61 Å². The topological polar surface area (TPSA) is 91.3 Å². The van der Waals surface area contributed by atoms with Crippen LogP contribution in [0.4, 0.5) is 11.6 Å². The van der Waals surface area contributed by atoms with E-state index in [0.29, 0.717) is 12.5 Å². The maximum absolute atomic E-state index is 12.6. The van der Waals surface area contributed by atoms with Crippen molar-refractivity contribution in [2.45, 2.75) is 39.7 Å². The summed E-state index contributed by atoms with van der Waals surface area (Å²) in [4.78, 5) is 13.4. The molecule has 2 aromatic rings. The van der Waals surface area contributed by atoms with Crippen molar-refractivity contribution in [3.05, 3.63) is 41.0 Å². The molecule has 0 amide bonds. The fraction of sp³-hybridized carbons (Fsp3) is 0.500. The highest BCUT2D eigenvalue weighted by molar-refractivity contribution is 7.86. The number of rotatable bonds is 5. The van der Waals surface area contributed by atoms with Crippen molar-refractivity contribution in [2.24, 2.45) is 0 Å². The van der Waals surface area contributed by atoms with Crippen LogP contribution in [-0.4, -0.2) is 52.6 Å². The van der Waals surface area contributed by atoms with Crippen molar-refractivity contribution in [3.63, 3.8) is 0 Å². The van der Waals surface area contributed by atoms with E-state index in [9.17, 15) is 8.42 Å². The zero-order valence-electron chi connectivity index (χ0n) is 16.4. The van der Waals surface area contributed by atoms with E-state index < -0.39 is 10.2 Å². The third kappa shape index (κ3) is 4.26. The average molecular weight is 391 g/mol. The summed E-state index contributed by atoms with van der Waals surface area (Å²) in [6, 6.07) is 5.45. The number of aromatic nitrogens is 3. The van der Waals surface area contributed by atoms with Crippen molar-refractivity contribution >= 4 is 21.8 Å². The molecule has 1 aliphatic heterocycles. The standard InChI is InChI=1S/C18H26N6O2S/c1-12-9-13(2)21-18(20-12)22-15-10-14(3)19-16(11-15)17-7-6-8-24(17)27(25,26)23(4)5/h9-11,17H,6-8H2,1-5H3,(H,19,20,21,22)/t17-/m1/s1.